The van der Waals surface area contributed by atoms with Crippen molar-refractivity contribution >= 4 is 16.9 Å². The second-order valence-electron chi connectivity index (χ2n) is 3.86. The minimum Gasteiger partial charge on any atom is -0.508 e. The van der Waals surface area contributed by atoms with Crippen LogP contribution >= 0.6 is 0 Å². The molecule has 0 radical (unpaired) electrons. The number of aryl methyl sites for hydroxylation is 2. The summed E-state index contributed by atoms with van der Waals surface area (Å²) in [6.45, 7) is 0. The second kappa shape index (κ2) is 3.89. The van der Waals surface area contributed by atoms with E-state index in [1.54, 1.807) is 12.1 Å². The van der Waals surface area contributed by atoms with Crippen LogP contribution < -0.4 is 0 Å². The quantitative estimate of drug-likeness (QED) is 0.828. The number of carboxylic acids is 1. The molecule has 0 unspecified atom stereocenters. The van der Waals surface area contributed by atoms with Crippen molar-refractivity contribution in [3.05, 3.63) is 30.0 Å². The fourth-order valence-corrected chi connectivity index (χ4v) is 1.90. The lowest BCUT2D eigenvalue weighted by atomic mass is 10.1. The molecule has 0 saturated heterocycles. The van der Waals surface area contributed by atoms with Crippen LogP contribution in [0.15, 0.2) is 24.4 Å². The molecule has 4 heteroatoms. The Labute approximate surface area is 92.7 Å². The van der Waals surface area contributed by atoms with Crippen LogP contribution in [0, 0.1) is 0 Å². The average molecular weight is 219 g/mol. The molecular formula is C12H13NO3. The van der Waals surface area contributed by atoms with Crippen LogP contribution in [0.1, 0.15) is 12.0 Å². The molecule has 0 fully saturated rings. The van der Waals surface area contributed by atoms with Crippen molar-refractivity contribution in [1.82, 2.24) is 4.57 Å². The maximum atomic E-state index is 10.5. The number of carboxylic acid groups (broad SMARTS) is 1. The molecule has 2 rings (SSSR count). The summed E-state index contributed by atoms with van der Waals surface area (Å²) in [5.41, 5.74) is 1.92. The van der Waals surface area contributed by atoms with Crippen LogP contribution in [-0.2, 0) is 18.3 Å². The highest BCUT2D eigenvalue weighted by Gasteiger charge is 2.08. The van der Waals surface area contributed by atoms with E-state index in [-0.39, 0.29) is 12.2 Å². The standard InChI is InChI=1S/C12H13NO3/c1-13-7-8(2-5-12(15)16)10-4-3-9(14)6-11(10)13/h3-4,6-7,14H,2,5H2,1H3,(H,15,16). The highest BCUT2D eigenvalue weighted by atomic mass is 16.4. The van der Waals surface area contributed by atoms with E-state index < -0.39 is 5.97 Å². The third-order valence-corrected chi connectivity index (χ3v) is 2.66. The third-order valence-electron chi connectivity index (χ3n) is 2.66. The van der Waals surface area contributed by atoms with Gasteiger partial charge in [0, 0.05) is 31.1 Å². The summed E-state index contributed by atoms with van der Waals surface area (Å²) in [5.74, 6) is -0.575. The molecule has 0 saturated carbocycles. The minimum atomic E-state index is -0.796. The van der Waals surface area contributed by atoms with Crippen LogP contribution in [-0.4, -0.2) is 20.7 Å². The van der Waals surface area contributed by atoms with Crippen molar-refractivity contribution in [2.24, 2.45) is 7.05 Å². The number of nitrogens with zero attached hydrogens (tertiary/aromatic N) is 1. The van der Waals surface area contributed by atoms with Gasteiger partial charge in [0.2, 0.25) is 0 Å². The zero-order valence-corrected chi connectivity index (χ0v) is 8.97. The fourth-order valence-electron chi connectivity index (χ4n) is 1.90. The summed E-state index contributed by atoms with van der Waals surface area (Å²) in [6.07, 6.45) is 2.55. The van der Waals surface area contributed by atoms with Gasteiger partial charge in [0.25, 0.3) is 0 Å². The van der Waals surface area contributed by atoms with E-state index in [1.165, 1.54) is 0 Å². The number of aromatic nitrogens is 1. The number of aliphatic carboxylic acids is 1. The highest BCUT2D eigenvalue weighted by Crippen LogP contribution is 2.25. The van der Waals surface area contributed by atoms with E-state index in [1.807, 2.05) is 23.9 Å². The molecule has 16 heavy (non-hydrogen) atoms. The number of phenolic OH excluding ortho intramolecular Hbond substituents is 1. The molecule has 1 aromatic carbocycles. The van der Waals surface area contributed by atoms with Crippen molar-refractivity contribution in [2.45, 2.75) is 12.8 Å². The van der Waals surface area contributed by atoms with Crippen molar-refractivity contribution in [3.8, 4) is 5.75 Å². The molecule has 0 aliphatic rings. The number of benzene rings is 1. The van der Waals surface area contributed by atoms with Gasteiger partial charge in [0.15, 0.2) is 0 Å². The number of fused-ring (bicyclic) bond motifs is 1. The zero-order chi connectivity index (χ0) is 11.7. The number of rotatable bonds is 3. The number of phenols is 1. The first-order chi connectivity index (χ1) is 7.58. The minimum absolute atomic E-state index is 0.125. The Hall–Kier alpha value is -1.97. The fraction of sp³-hybridized carbons (Fsp3) is 0.250. The molecular weight excluding hydrogens is 206 g/mol. The first kappa shape index (κ1) is 10.5. The number of aromatic hydroxyl groups is 1. The molecule has 0 amide bonds. The third kappa shape index (κ3) is 1.86. The summed E-state index contributed by atoms with van der Waals surface area (Å²) in [7, 11) is 1.88. The smallest absolute Gasteiger partial charge is 0.303 e. The Kier molecular flexibility index (Phi) is 2.56. The van der Waals surface area contributed by atoms with Crippen LogP contribution in [0.4, 0.5) is 0 Å². The van der Waals surface area contributed by atoms with Crippen LogP contribution in [0.2, 0.25) is 0 Å². The molecule has 0 aliphatic heterocycles. The van der Waals surface area contributed by atoms with Gasteiger partial charge in [0.05, 0.1) is 5.52 Å². The molecule has 0 atom stereocenters. The van der Waals surface area contributed by atoms with Gasteiger partial charge in [-0.3, -0.25) is 4.79 Å². The molecule has 0 aliphatic carbocycles. The Morgan fingerprint density at radius 2 is 2.19 bits per heavy atom. The topological polar surface area (TPSA) is 62.5 Å². The van der Waals surface area contributed by atoms with Gasteiger partial charge in [0.1, 0.15) is 5.75 Å². The summed E-state index contributed by atoms with van der Waals surface area (Å²) in [5, 5.41) is 19.0. The van der Waals surface area contributed by atoms with Crippen molar-refractivity contribution in [3.63, 3.8) is 0 Å². The Morgan fingerprint density at radius 3 is 2.88 bits per heavy atom. The van der Waals surface area contributed by atoms with Crippen LogP contribution in [0.3, 0.4) is 0 Å². The van der Waals surface area contributed by atoms with Gasteiger partial charge in [-0.25, -0.2) is 0 Å². The molecule has 4 nitrogen and oxygen atoms in total. The summed E-state index contributed by atoms with van der Waals surface area (Å²) in [4.78, 5) is 10.5. The lowest BCUT2D eigenvalue weighted by molar-refractivity contribution is -0.136. The second-order valence-corrected chi connectivity index (χ2v) is 3.86. The van der Waals surface area contributed by atoms with E-state index in [4.69, 9.17) is 5.11 Å². The van der Waals surface area contributed by atoms with Gasteiger partial charge in [-0.05, 0) is 24.1 Å². The van der Waals surface area contributed by atoms with E-state index in [0.29, 0.717) is 6.42 Å². The van der Waals surface area contributed by atoms with Crippen molar-refractivity contribution < 1.29 is 15.0 Å². The van der Waals surface area contributed by atoms with E-state index >= 15 is 0 Å². The van der Waals surface area contributed by atoms with Gasteiger partial charge in [-0.15, -0.1) is 0 Å². The Morgan fingerprint density at radius 1 is 1.44 bits per heavy atom. The van der Waals surface area contributed by atoms with Crippen molar-refractivity contribution in [1.29, 1.82) is 0 Å². The highest BCUT2D eigenvalue weighted by molar-refractivity contribution is 5.85. The predicted octanol–water partition coefficient (Wildman–Crippen LogP) is 1.90. The molecule has 1 aromatic heterocycles. The average Bonchev–Trinajstić information content (AvgIpc) is 2.53. The Balaban J connectivity index is 2.43. The maximum Gasteiger partial charge on any atom is 0.303 e. The Bertz CT molecular complexity index is 542. The van der Waals surface area contributed by atoms with E-state index in [2.05, 4.69) is 0 Å². The summed E-state index contributed by atoms with van der Waals surface area (Å²) >= 11 is 0. The first-order valence-corrected chi connectivity index (χ1v) is 5.06. The molecule has 0 bridgehead atoms. The molecule has 84 valence electrons. The SMILES string of the molecule is Cn1cc(CCC(=O)O)c2ccc(O)cc21. The summed E-state index contributed by atoms with van der Waals surface area (Å²) < 4.78 is 1.90. The number of hydrogen-bond acceptors (Lipinski definition) is 2. The molecule has 0 spiro atoms. The lowest BCUT2D eigenvalue weighted by Gasteiger charge is -1.97. The van der Waals surface area contributed by atoms with E-state index in [9.17, 15) is 9.90 Å². The van der Waals surface area contributed by atoms with Crippen LogP contribution in [0.25, 0.3) is 10.9 Å². The molecule has 2 N–H and O–H groups in total. The van der Waals surface area contributed by atoms with Crippen molar-refractivity contribution in [2.75, 3.05) is 0 Å². The van der Waals surface area contributed by atoms with E-state index in [0.717, 1.165) is 16.5 Å². The lowest BCUT2D eigenvalue weighted by Crippen LogP contribution is -1.96. The monoisotopic (exact) mass is 219 g/mol. The van der Waals surface area contributed by atoms with Crippen LogP contribution in [0.5, 0.6) is 5.75 Å². The largest absolute Gasteiger partial charge is 0.508 e. The molecule has 2 aromatic rings. The number of hydrogen-bond donors (Lipinski definition) is 2. The van der Waals surface area contributed by atoms with Gasteiger partial charge in [-0.1, -0.05) is 0 Å². The maximum absolute atomic E-state index is 10.5. The summed E-state index contributed by atoms with van der Waals surface area (Å²) in [6, 6.07) is 5.12. The van der Waals surface area contributed by atoms with Gasteiger partial charge in [-0.2, -0.15) is 0 Å². The first-order valence-electron chi connectivity index (χ1n) is 5.06. The number of carbonyl (C=O) groups is 1. The predicted molar refractivity (Wildman–Crippen MR) is 60.5 cm³/mol. The van der Waals surface area contributed by atoms with Gasteiger partial charge < -0.3 is 14.8 Å². The molecule has 1 heterocycles. The van der Waals surface area contributed by atoms with Gasteiger partial charge >= 0.3 is 5.97 Å². The zero-order valence-electron chi connectivity index (χ0n) is 8.97. The normalized spacial score (nSPS) is 10.8.